The number of allylic oxidation sites excluding steroid dienone is 2. The maximum absolute atomic E-state index is 14.2. The van der Waals surface area contributed by atoms with Crippen LogP contribution in [0.5, 0.6) is 11.5 Å². The molecule has 2 aliphatic rings. The second-order valence-electron chi connectivity index (χ2n) is 12.5. The van der Waals surface area contributed by atoms with E-state index in [1.54, 1.807) is 36.5 Å². The molecule has 0 spiro atoms. The van der Waals surface area contributed by atoms with Crippen molar-refractivity contribution in [3.05, 3.63) is 69.1 Å². The van der Waals surface area contributed by atoms with Gasteiger partial charge in [0.05, 0.1) is 32.4 Å². The highest BCUT2D eigenvalue weighted by Gasteiger charge is 2.39. The molecule has 0 unspecified atom stereocenters. The number of hydrogen-bond donors (Lipinski definition) is 0. The van der Waals surface area contributed by atoms with Gasteiger partial charge >= 0.3 is 0 Å². The summed E-state index contributed by atoms with van der Waals surface area (Å²) in [6.07, 6.45) is 10.2. The van der Waals surface area contributed by atoms with E-state index in [-0.39, 0.29) is 24.3 Å². The summed E-state index contributed by atoms with van der Waals surface area (Å²) in [5, 5.41) is 2.08. The van der Waals surface area contributed by atoms with Crippen molar-refractivity contribution in [3.63, 3.8) is 0 Å². The van der Waals surface area contributed by atoms with Crippen molar-refractivity contribution in [1.82, 2.24) is 14.7 Å². The van der Waals surface area contributed by atoms with Gasteiger partial charge in [0.1, 0.15) is 0 Å². The Labute approximate surface area is 288 Å². The number of amides is 1. The minimum absolute atomic E-state index is 0.0261. The summed E-state index contributed by atoms with van der Waals surface area (Å²) < 4.78 is 11.0. The number of methoxy groups -OCH3 is 2. The predicted molar refractivity (Wildman–Crippen MR) is 196 cm³/mol. The summed E-state index contributed by atoms with van der Waals surface area (Å²) in [6, 6.07) is 9.64. The number of piperidine rings is 1. The highest BCUT2D eigenvalue weighted by Crippen LogP contribution is 2.38. The van der Waals surface area contributed by atoms with E-state index >= 15 is 0 Å². The highest BCUT2D eigenvalue weighted by molar-refractivity contribution is 7.09. The monoisotopic (exact) mass is 663 g/mol. The van der Waals surface area contributed by atoms with E-state index in [9.17, 15) is 9.59 Å². The van der Waals surface area contributed by atoms with Gasteiger partial charge in [0.25, 0.3) is 5.91 Å². The Hall–Kier alpha value is -3.54. The van der Waals surface area contributed by atoms with Gasteiger partial charge in [-0.1, -0.05) is 65.7 Å². The van der Waals surface area contributed by atoms with Crippen molar-refractivity contribution in [1.29, 1.82) is 0 Å². The van der Waals surface area contributed by atoms with Crippen molar-refractivity contribution in [2.24, 2.45) is 5.92 Å². The Morgan fingerprint density at radius 2 is 1.70 bits per heavy atom. The number of terminal acetylenes is 1. The summed E-state index contributed by atoms with van der Waals surface area (Å²) in [5.41, 5.74) is 2.72. The zero-order chi connectivity index (χ0) is 34.9. The van der Waals surface area contributed by atoms with Crippen molar-refractivity contribution < 1.29 is 19.1 Å². The fraction of sp³-hybridized carbons (Fsp3) is 0.538. The lowest BCUT2D eigenvalue weighted by molar-refractivity contribution is -0.136. The molecular formula is C39H57N3O4S. The number of hydrogen-bond acceptors (Lipinski definition) is 7. The third-order valence-corrected chi connectivity index (χ3v) is 8.90. The lowest BCUT2D eigenvalue weighted by Crippen LogP contribution is -2.49. The third kappa shape index (κ3) is 11.9. The summed E-state index contributed by atoms with van der Waals surface area (Å²) in [7, 11) is 3.20. The zero-order valence-corrected chi connectivity index (χ0v) is 31.0. The molecule has 3 heterocycles. The number of likely N-dealkylation sites (tertiary alicyclic amines) is 1. The molecule has 4 rings (SSSR count). The number of nitrogens with zero attached hydrogens (tertiary/aromatic N) is 3. The second-order valence-corrected chi connectivity index (χ2v) is 13.6. The number of piperazine rings is 1. The molecule has 0 radical (unpaired) electrons. The molecule has 2 aliphatic heterocycles. The molecule has 1 aromatic heterocycles. The molecule has 47 heavy (non-hydrogen) atoms. The van der Waals surface area contributed by atoms with Crippen LogP contribution in [-0.4, -0.2) is 79.9 Å². The average molecular weight is 664 g/mol. The number of Topliss-reactive ketones (excluding diaryl/α,β-unsaturated/α-hetero) is 1. The van der Waals surface area contributed by atoms with E-state index < -0.39 is 0 Å². The summed E-state index contributed by atoms with van der Waals surface area (Å²) in [5.74, 6) is 4.47. The molecule has 0 N–H and O–H groups in total. The number of carbonyl (C=O) groups excluding carboxylic acids is 2. The molecule has 0 saturated carbocycles. The SMILES string of the molecule is C#CC/C=C1/C(=O)CN([C@H](CCCC)c2ccc(OC)c(OC)c2)C(=O)/C1=C(/C)N1CCN(CC)CC1.CC(C)C.Cc1cccs1. The zero-order valence-electron chi connectivity index (χ0n) is 30.2. The number of thiophene rings is 1. The summed E-state index contributed by atoms with van der Waals surface area (Å²) in [4.78, 5) is 35.5. The van der Waals surface area contributed by atoms with E-state index in [2.05, 4.69) is 74.8 Å². The lowest BCUT2D eigenvalue weighted by atomic mass is 9.89. The Bertz CT molecular complexity index is 1360. The van der Waals surface area contributed by atoms with Crippen LogP contribution < -0.4 is 9.47 Å². The maximum atomic E-state index is 14.2. The third-order valence-electron chi connectivity index (χ3n) is 8.10. The number of unbranched alkanes of at least 4 members (excludes halogenated alkanes) is 1. The first kappa shape index (κ1) is 39.6. The quantitative estimate of drug-likeness (QED) is 0.190. The minimum Gasteiger partial charge on any atom is -0.493 e. The molecule has 1 amide bonds. The van der Waals surface area contributed by atoms with E-state index in [0.717, 1.165) is 69.2 Å². The molecule has 0 aliphatic carbocycles. The van der Waals surface area contributed by atoms with E-state index in [1.807, 2.05) is 25.1 Å². The maximum Gasteiger partial charge on any atom is 0.257 e. The van der Waals surface area contributed by atoms with Gasteiger partial charge in [0.2, 0.25) is 0 Å². The van der Waals surface area contributed by atoms with Crippen LogP contribution in [0.3, 0.4) is 0 Å². The van der Waals surface area contributed by atoms with Crippen LogP contribution in [0.25, 0.3) is 0 Å². The van der Waals surface area contributed by atoms with E-state index in [0.29, 0.717) is 29.1 Å². The summed E-state index contributed by atoms with van der Waals surface area (Å²) >= 11 is 1.78. The predicted octanol–water partition coefficient (Wildman–Crippen LogP) is 7.93. The highest BCUT2D eigenvalue weighted by atomic mass is 32.1. The van der Waals surface area contributed by atoms with Crippen LogP contribution in [0.4, 0.5) is 0 Å². The molecule has 2 saturated heterocycles. The number of rotatable bonds is 10. The van der Waals surface area contributed by atoms with Crippen LogP contribution in [0.2, 0.25) is 0 Å². The lowest BCUT2D eigenvalue weighted by Gasteiger charge is -2.40. The summed E-state index contributed by atoms with van der Waals surface area (Å²) in [6.45, 7) is 19.4. The number of likely N-dealkylation sites (N-methyl/N-ethyl adjacent to an activating group) is 1. The molecule has 2 aromatic rings. The average Bonchev–Trinajstić information content (AvgIpc) is 3.55. The van der Waals surface area contributed by atoms with Gasteiger partial charge in [0.15, 0.2) is 17.3 Å². The van der Waals surface area contributed by atoms with Crippen molar-refractivity contribution in [2.45, 2.75) is 80.2 Å². The number of aryl methyl sites for hydroxylation is 1. The van der Waals surface area contributed by atoms with Gasteiger partial charge in [-0.05, 0) is 61.9 Å². The Balaban J connectivity index is 0.000000659. The van der Waals surface area contributed by atoms with Crippen LogP contribution in [0.1, 0.15) is 83.7 Å². The van der Waals surface area contributed by atoms with Gasteiger partial charge in [0, 0.05) is 48.7 Å². The van der Waals surface area contributed by atoms with Crippen LogP contribution in [0.15, 0.2) is 58.6 Å². The number of ketones is 1. The van der Waals surface area contributed by atoms with Gasteiger partial charge < -0.3 is 24.2 Å². The van der Waals surface area contributed by atoms with Gasteiger partial charge in [-0.3, -0.25) is 9.59 Å². The second kappa shape index (κ2) is 20.6. The van der Waals surface area contributed by atoms with Gasteiger partial charge in [-0.15, -0.1) is 23.7 Å². The number of benzene rings is 1. The molecule has 258 valence electrons. The molecule has 0 bridgehead atoms. The fourth-order valence-electron chi connectivity index (χ4n) is 5.57. The van der Waals surface area contributed by atoms with E-state index in [1.165, 1.54) is 4.88 Å². The topological polar surface area (TPSA) is 62.3 Å². The molecular weight excluding hydrogens is 607 g/mol. The first-order valence-corrected chi connectivity index (χ1v) is 17.8. The van der Waals surface area contributed by atoms with Crippen molar-refractivity contribution in [2.75, 3.05) is 53.5 Å². The van der Waals surface area contributed by atoms with Crippen LogP contribution in [0, 0.1) is 25.2 Å². The van der Waals surface area contributed by atoms with Gasteiger partial charge in [-0.2, -0.15) is 0 Å². The van der Waals surface area contributed by atoms with Crippen LogP contribution >= 0.6 is 11.3 Å². The first-order valence-electron chi connectivity index (χ1n) is 16.9. The molecule has 2 fully saturated rings. The Morgan fingerprint density at radius 3 is 2.19 bits per heavy atom. The minimum atomic E-state index is -0.259. The molecule has 1 aromatic carbocycles. The van der Waals surface area contributed by atoms with Crippen molar-refractivity contribution >= 4 is 23.0 Å². The Kier molecular flexibility index (Phi) is 17.4. The molecule has 1 atom stereocenters. The van der Waals surface area contributed by atoms with Crippen LogP contribution in [-0.2, 0) is 9.59 Å². The molecule has 7 nitrogen and oxygen atoms in total. The smallest absolute Gasteiger partial charge is 0.257 e. The Morgan fingerprint density at radius 1 is 1.04 bits per heavy atom. The first-order chi connectivity index (χ1) is 22.5. The molecule has 8 heteroatoms. The fourth-order valence-corrected chi connectivity index (χ4v) is 6.10. The van der Waals surface area contributed by atoms with Gasteiger partial charge in [-0.25, -0.2) is 0 Å². The number of carbonyl (C=O) groups is 2. The standard InChI is InChI=1S/C30H41N3O4.C5H6S.C4H10/c1-7-10-12-24-26(34)21-33(30(35)29(24)22(4)32-18-16-31(9-3)17-19-32)25(13-11-8-2)23-14-15-27(36-5)28(20-23)37-6;1-5-3-2-4-6-5;1-4(2)3/h1,12,14-15,20,25H,8-11,13,16-19,21H2,2-6H3;2-4H,1H3;4H,1-3H3/b24-12-,29-22-;;/t25-;;/m1../s1. The van der Waals surface area contributed by atoms with Crippen molar-refractivity contribution in [3.8, 4) is 23.8 Å². The number of ether oxygens (including phenoxy) is 2. The largest absolute Gasteiger partial charge is 0.493 e. The normalized spacial score (nSPS) is 17.8. The van der Waals surface area contributed by atoms with E-state index in [4.69, 9.17) is 15.9 Å².